The molecule has 0 saturated carbocycles. The van der Waals surface area contributed by atoms with E-state index in [1.54, 1.807) is 30.9 Å². The van der Waals surface area contributed by atoms with Gasteiger partial charge >= 0.3 is 0 Å². The molecule has 160 valence electrons. The number of hydrogen-bond acceptors (Lipinski definition) is 4. The number of hydrogen-bond donors (Lipinski definition) is 0. The van der Waals surface area contributed by atoms with E-state index < -0.39 is 20.9 Å². The van der Waals surface area contributed by atoms with Gasteiger partial charge in [-0.05, 0) is 44.2 Å². The molecule has 0 unspecified atom stereocenters. The summed E-state index contributed by atoms with van der Waals surface area (Å²) in [6.07, 6.45) is 0. The minimum absolute atomic E-state index is 0.0154. The van der Waals surface area contributed by atoms with Crippen LogP contribution in [-0.2, 0) is 9.84 Å². The molecule has 1 saturated heterocycles. The summed E-state index contributed by atoms with van der Waals surface area (Å²) in [5.41, 5.74) is 0.332. The number of carbonyl (C=O) groups excluding carboxylic acids is 2. The lowest BCUT2D eigenvalue weighted by Crippen LogP contribution is -2.50. The molecule has 0 bridgehead atoms. The van der Waals surface area contributed by atoms with Crippen LogP contribution in [0.2, 0.25) is 5.02 Å². The minimum Gasteiger partial charge on any atom is -0.335 e. The molecule has 0 aliphatic carbocycles. The number of rotatable bonds is 4. The number of sulfone groups is 1. The van der Waals surface area contributed by atoms with Crippen molar-refractivity contribution in [2.45, 2.75) is 24.0 Å². The SMILES string of the molecule is CC(C)S(=O)(=O)c1ccccc1C(=O)N1CCN(C(=O)c2ccc(F)cc2Cl)CC1. The topological polar surface area (TPSA) is 74.8 Å². The number of amides is 2. The van der Waals surface area contributed by atoms with E-state index in [0.717, 1.165) is 6.07 Å². The van der Waals surface area contributed by atoms with Crippen molar-refractivity contribution in [3.63, 3.8) is 0 Å². The fourth-order valence-corrected chi connectivity index (χ4v) is 4.75. The average molecular weight is 453 g/mol. The molecular weight excluding hydrogens is 431 g/mol. The van der Waals surface area contributed by atoms with Gasteiger partial charge in [-0.1, -0.05) is 23.7 Å². The monoisotopic (exact) mass is 452 g/mol. The standard InChI is InChI=1S/C21H22ClFN2O4S/c1-14(2)30(28,29)19-6-4-3-5-17(19)21(27)25-11-9-24(10-12-25)20(26)16-8-7-15(23)13-18(16)22/h3-8,13-14H,9-12H2,1-2H3. The molecule has 0 aromatic heterocycles. The van der Waals surface area contributed by atoms with Gasteiger partial charge in [-0.2, -0.15) is 0 Å². The van der Waals surface area contributed by atoms with Crippen molar-refractivity contribution < 1.29 is 22.4 Å². The first-order valence-electron chi connectivity index (χ1n) is 9.49. The Balaban J connectivity index is 1.75. The van der Waals surface area contributed by atoms with Gasteiger partial charge < -0.3 is 9.80 Å². The number of halogens is 2. The summed E-state index contributed by atoms with van der Waals surface area (Å²) in [5.74, 6) is -1.25. The number of piperazine rings is 1. The highest BCUT2D eigenvalue weighted by atomic mass is 35.5. The van der Waals surface area contributed by atoms with Crippen LogP contribution in [0.4, 0.5) is 4.39 Å². The van der Waals surface area contributed by atoms with Crippen molar-refractivity contribution in [2.24, 2.45) is 0 Å². The lowest BCUT2D eigenvalue weighted by Gasteiger charge is -2.35. The molecule has 0 radical (unpaired) electrons. The molecule has 1 heterocycles. The summed E-state index contributed by atoms with van der Waals surface area (Å²) in [6, 6.07) is 9.76. The van der Waals surface area contributed by atoms with Gasteiger partial charge in [-0.15, -0.1) is 0 Å². The molecule has 30 heavy (non-hydrogen) atoms. The zero-order valence-corrected chi connectivity index (χ0v) is 18.2. The molecule has 2 aromatic carbocycles. The van der Waals surface area contributed by atoms with E-state index in [1.807, 2.05) is 0 Å². The summed E-state index contributed by atoms with van der Waals surface area (Å²) < 4.78 is 38.5. The predicted molar refractivity (Wildman–Crippen MR) is 112 cm³/mol. The third-order valence-electron chi connectivity index (χ3n) is 5.06. The van der Waals surface area contributed by atoms with Crippen LogP contribution in [0.5, 0.6) is 0 Å². The van der Waals surface area contributed by atoms with Crippen LogP contribution in [0.15, 0.2) is 47.4 Å². The van der Waals surface area contributed by atoms with Crippen LogP contribution in [0, 0.1) is 5.82 Å². The van der Waals surface area contributed by atoms with E-state index in [9.17, 15) is 22.4 Å². The van der Waals surface area contributed by atoms with Crippen LogP contribution in [-0.4, -0.2) is 61.5 Å². The summed E-state index contributed by atoms with van der Waals surface area (Å²) in [7, 11) is -3.62. The van der Waals surface area contributed by atoms with E-state index in [4.69, 9.17) is 11.6 Å². The van der Waals surface area contributed by atoms with Crippen molar-refractivity contribution in [1.82, 2.24) is 9.80 Å². The first-order chi connectivity index (χ1) is 14.1. The fraction of sp³-hybridized carbons (Fsp3) is 0.333. The van der Waals surface area contributed by atoms with Crippen LogP contribution in [0.3, 0.4) is 0 Å². The Kier molecular flexibility index (Phi) is 6.47. The number of benzene rings is 2. The first-order valence-corrected chi connectivity index (χ1v) is 11.4. The smallest absolute Gasteiger partial charge is 0.255 e. The Bertz CT molecular complexity index is 1080. The molecule has 1 fully saturated rings. The largest absolute Gasteiger partial charge is 0.335 e. The third-order valence-corrected chi connectivity index (χ3v) is 7.58. The molecule has 1 aliphatic heterocycles. The zero-order chi connectivity index (χ0) is 22.1. The fourth-order valence-electron chi connectivity index (χ4n) is 3.26. The van der Waals surface area contributed by atoms with Crippen molar-refractivity contribution in [3.8, 4) is 0 Å². The van der Waals surface area contributed by atoms with Gasteiger partial charge in [-0.25, -0.2) is 12.8 Å². The van der Waals surface area contributed by atoms with Crippen LogP contribution in [0.25, 0.3) is 0 Å². The summed E-state index contributed by atoms with van der Waals surface area (Å²) in [4.78, 5) is 28.8. The molecule has 0 N–H and O–H groups in total. The van der Waals surface area contributed by atoms with Gasteiger partial charge in [0.05, 0.1) is 26.3 Å². The highest BCUT2D eigenvalue weighted by Crippen LogP contribution is 2.23. The summed E-state index contributed by atoms with van der Waals surface area (Å²) in [5, 5.41) is -0.618. The van der Waals surface area contributed by atoms with Gasteiger partial charge in [0.25, 0.3) is 11.8 Å². The van der Waals surface area contributed by atoms with E-state index in [1.165, 1.54) is 29.2 Å². The lowest BCUT2D eigenvalue weighted by molar-refractivity contribution is 0.0533. The van der Waals surface area contributed by atoms with Crippen molar-refractivity contribution in [3.05, 3.63) is 64.4 Å². The van der Waals surface area contributed by atoms with Gasteiger partial charge in [0, 0.05) is 26.2 Å². The molecule has 3 rings (SSSR count). The third kappa shape index (κ3) is 4.34. The van der Waals surface area contributed by atoms with E-state index in [0.29, 0.717) is 0 Å². The molecule has 1 aliphatic rings. The maximum atomic E-state index is 13.2. The van der Waals surface area contributed by atoms with Crippen LogP contribution >= 0.6 is 11.6 Å². The molecule has 2 aromatic rings. The minimum atomic E-state index is -3.62. The maximum Gasteiger partial charge on any atom is 0.255 e. The Morgan fingerprint density at radius 1 is 0.933 bits per heavy atom. The van der Waals surface area contributed by atoms with E-state index in [2.05, 4.69) is 0 Å². The Morgan fingerprint density at radius 3 is 2.00 bits per heavy atom. The summed E-state index contributed by atoms with van der Waals surface area (Å²) in [6.45, 7) is 4.16. The molecule has 0 atom stereocenters. The van der Waals surface area contributed by atoms with E-state index >= 15 is 0 Å². The second-order valence-electron chi connectivity index (χ2n) is 7.30. The predicted octanol–water partition coefficient (Wildman–Crippen LogP) is 3.26. The normalized spacial score (nSPS) is 14.8. The highest BCUT2D eigenvalue weighted by molar-refractivity contribution is 7.92. The Labute approximate surface area is 180 Å². The number of carbonyl (C=O) groups is 2. The zero-order valence-electron chi connectivity index (χ0n) is 16.6. The molecular formula is C21H22ClFN2O4S. The van der Waals surface area contributed by atoms with Gasteiger partial charge in [0.2, 0.25) is 0 Å². The average Bonchev–Trinajstić information content (AvgIpc) is 2.73. The highest BCUT2D eigenvalue weighted by Gasteiger charge is 2.30. The van der Waals surface area contributed by atoms with E-state index in [-0.39, 0.29) is 59.0 Å². The second kappa shape index (κ2) is 8.73. The lowest BCUT2D eigenvalue weighted by atomic mass is 10.1. The Morgan fingerprint density at radius 2 is 1.47 bits per heavy atom. The second-order valence-corrected chi connectivity index (χ2v) is 10.2. The van der Waals surface area contributed by atoms with Crippen molar-refractivity contribution >= 4 is 33.3 Å². The first kappa shape index (κ1) is 22.2. The van der Waals surface area contributed by atoms with Gasteiger partial charge in [0.1, 0.15) is 5.82 Å². The van der Waals surface area contributed by atoms with Gasteiger partial charge in [-0.3, -0.25) is 9.59 Å². The molecule has 0 spiro atoms. The van der Waals surface area contributed by atoms with Gasteiger partial charge in [0.15, 0.2) is 9.84 Å². The van der Waals surface area contributed by atoms with Crippen molar-refractivity contribution in [1.29, 1.82) is 0 Å². The molecule has 6 nitrogen and oxygen atoms in total. The Hall–Kier alpha value is -2.45. The van der Waals surface area contributed by atoms with Crippen LogP contribution < -0.4 is 0 Å². The van der Waals surface area contributed by atoms with Crippen molar-refractivity contribution in [2.75, 3.05) is 26.2 Å². The quantitative estimate of drug-likeness (QED) is 0.713. The molecule has 9 heteroatoms. The molecule has 2 amide bonds. The van der Waals surface area contributed by atoms with Crippen LogP contribution in [0.1, 0.15) is 34.6 Å². The summed E-state index contributed by atoms with van der Waals surface area (Å²) >= 11 is 5.98. The maximum absolute atomic E-state index is 13.2. The number of nitrogens with zero attached hydrogens (tertiary/aromatic N) is 2.